The van der Waals surface area contributed by atoms with E-state index in [1.54, 1.807) is 0 Å². The van der Waals surface area contributed by atoms with Gasteiger partial charge >= 0.3 is 0 Å². The molecule has 2 N–H and O–H groups in total. The van der Waals surface area contributed by atoms with Crippen LogP contribution in [0.15, 0.2) is 0 Å². The van der Waals surface area contributed by atoms with Crippen LogP contribution in [0.3, 0.4) is 0 Å². The van der Waals surface area contributed by atoms with Crippen molar-refractivity contribution < 1.29 is 10.2 Å². The maximum absolute atomic E-state index is 9.62. The van der Waals surface area contributed by atoms with Crippen molar-refractivity contribution >= 4 is 0 Å². The van der Waals surface area contributed by atoms with Crippen LogP contribution >= 0.6 is 0 Å². The highest BCUT2D eigenvalue weighted by Gasteiger charge is 1.97. The van der Waals surface area contributed by atoms with Crippen molar-refractivity contribution in [2.75, 3.05) is 6.61 Å². The predicted octanol–water partition coefficient (Wildman–Crippen LogP) is 3.65. The molecule has 18 heavy (non-hydrogen) atoms. The molecule has 0 saturated heterocycles. The molecule has 0 amide bonds. The van der Waals surface area contributed by atoms with Gasteiger partial charge in [-0.3, -0.25) is 0 Å². The van der Waals surface area contributed by atoms with Gasteiger partial charge < -0.3 is 10.2 Å². The monoisotopic (exact) mass is 254 g/mol. The van der Waals surface area contributed by atoms with Gasteiger partial charge in [0.1, 0.15) is 6.10 Å². The molecule has 0 aromatic carbocycles. The third kappa shape index (κ3) is 13.5. The lowest BCUT2D eigenvalue weighted by atomic mass is 10.1. The standard InChI is InChI=1S/C16H30O2/c1-2-3-4-10-13-16(18)14-11-8-6-5-7-9-12-15-17/h16-18H,2-10,12-13,15H2,1H3/t16-/m1/s1. The zero-order valence-electron chi connectivity index (χ0n) is 12.0. The molecule has 0 radical (unpaired) electrons. The fourth-order valence-corrected chi connectivity index (χ4v) is 1.88. The van der Waals surface area contributed by atoms with Crippen molar-refractivity contribution in [2.45, 2.75) is 83.7 Å². The Bertz CT molecular complexity index is 215. The molecule has 1 atom stereocenters. The Balaban J connectivity index is 3.29. The Morgan fingerprint density at radius 3 is 2.28 bits per heavy atom. The van der Waals surface area contributed by atoms with Gasteiger partial charge in [-0.2, -0.15) is 0 Å². The van der Waals surface area contributed by atoms with Gasteiger partial charge in [-0.05, 0) is 25.7 Å². The molecule has 2 heteroatoms. The van der Waals surface area contributed by atoms with E-state index in [1.165, 1.54) is 32.1 Å². The summed E-state index contributed by atoms with van der Waals surface area (Å²) in [5.41, 5.74) is 0. The molecule has 2 nitrogen and oxygen atoms in total. The van der Waals surface area contributed by atoms with Gasteiger partial charge in [-0.25, -0.2) is 0 Å². The minimum absolute atomic E-state index is 0.310. The Morgan fingerprint density at radius 1 is 0.889 bits per heavy atom. The van der Waals surface area contributed by atoms with Crippen LogP contribution in [0, 0.1) is 11.8 Å². The van der Waals surface area contributed by atoms with Gasteiger partial charge in [0.05, 0.1) is 0 Å². The summed E-state index contributed by atoms with van der Waals surface area (Å²) in [5.74, 6) is 5.99. The summed E-state index contributed by atoms with van der Waals surface area (Å²) in [6.07, 6.45) is 11.6. The van der Waals surface area contributed by atoms with Crippen molar-refractivity contribution in [3.05, 3.63) is 0 Å². The third-order valence-electron chi connectivity index (χ3n) is 3.06. The number of aliphatic hydroxyl groups is 2. The van der Waals surface area contributed by atoms with E-state index in [9.17, 15) is 5.11 Å². The van der Waals surface area contributed by atoms with Crippen LogP contribution in [-0.2, 0) is 0 Å². The van der Waals surface area contributed by atoms with E-state index < -0.39 is 6.10 Å². The largest absolute Gasteiger partial charge is 0.396 e. The molecule has 0 unspecified atom stereocenters. The highest BCUT2D eigenvalue weighted by Crippen LogP contribution is 2.06. The van der Waals surface area contributed by atoms with Crippen LogP contribution in [0.25, 0.3) is 0 Å². The van der Waals surface area contributed by atoms with Crippen molar-refractivity contribution in [1.82, 2.24) is 0 Å². The maximum atomic E-state index is 9.62. The molecule has 0 bridgehead atoms. The van der Waals surface area contributed by atoms with Crippen molar-refractivity contribution in [3.63, 3.8) is 0 Å². The van der Waals surface area contributed by atoms with Crippen LogP contribution < -0.4 is 0 Å². The summed E-state index contributed by atoms with van der Waals surface area (Å²) in [6.45, 7) is 2.50. The average Bonchev–Trinajstić information content (AvgIpc) is 2.38. The molecule has 0 aromatic heterocycles. The summed E-state index contributed by atoms with van der Waals surface area (Å²) < 4.78 is 0. The van der Waals surface area contributed by atoms with E-state index in [1.807, 2.05) is 0 Å². The number of unbranched alkanes of at least 4 members (excludes halogenated alkanes) is 8. The van der Waals surface area contributed by atoms with Crippen molar-refractivity contribution in [3.8, 4) is 11.8 Å². The van der Waals surface area contributed by atoms with E-state index in [2.05, 4.69) is 18.8 Å². The Kier molecular flexibility index (Phi) is 14.1. The first-order valence-electron chi connectivity index (χ1n) is 7.58. The van der Waals surface area contributed by atoms with Gasteiger partial charge in [0.15, 0.2) is 0 Å². The van der Waals surface area contributed by atoms with Crippen LogP contribution in [0.2, 0.25) is 0 Å². The van der Waals surface area contributed by atoms with E-state index >= 15 is 0 Å². The average molecular weight is 254 g/mol. The molecule has 0 aliphatic heterocycles. The fourth-order valence-electron chi connectivity index (χ4n) is 1.88. The number of hydrogen-bond donors (Lipinski definition) is 2. The molecule has 0 aromatic rings. The maximum Gasteiger partial charge on any atom is 0.114 e. The van der Waals surface area contributed by atoms with Crippen LogP contribution in [0.1, 0.15) is 77.6 Å². The van der Waals surface area contributed by atoms with Crippen LogP contribution in [0.4, 0.5) is 0 Å². The topological polar surface area (TPSA) is 40.5 Å². The molecule has 0 aliphatic carbocycles. The first-order chi connectivity index (χ1) is 8.81. The Morgan fingerprint density at radius 2 is 1.56 bits per heavy atom. The first-order valence-corrected chi connectivity index (χ1v) is 7.58. The second-order valence-electron chi connectivity index (χ2n) is 4.93. The zero-order chi connectivity index (χ0) is 13.5. The Hall–Kier alpha value is -0.520. The molecule has 0 heterocycles. The lowest BCUT2D eigenvalue weighted by molar-refractivity contribution is 0.217. The minimum Gasteiger partial charge on any atom is -0.396 e. The third-order valence-corrected chi connectivity index (χ3v) is 3.06. The molecule has 0 rings (SSSR count). The van der Waals surface area contributed by atoms with E-state index in [-0.39, 0.29) is 0 Å². The van der Waals surface area contributed by atoms with Gasteiger partial charge in [0, 0.05) is 13.0 Å². The summed E-state index contributed by atoms with van der Waals surface area (Å²) in [4.78, 5) is 0. The molecule has 0 saturated carbocycles. The number of rotatable bonds is 11. The van der Waals surface area contributed by atoms with Crippen LogP contribution in [0.5, 0.6) is 0 Å². The van der Waals surface area contributed by atoms with Gasteiger partial charge in [0.25, 0.3) is 0 Å². The number of aliphatic hydroxyl groups excluding tert-OH is 2. The molecule has 0 spiro atoms. The normalized spacial score (nSPS) is 11.9. The minimum atomic E-state index is -0.420. The zero-order valence-corrected chi connectivity index (χ0v) is 12.0. The second-order valence-corrected chi connectivity index (χ2v) is 4.93. The van der Waals surface area contributed by atoms with Crippen molar-refractivity contribution in [1.29, 1.82) is 0 Å². The van der Waals surface area contributed by atoms with Gasteiger partial charge in [-0.1, -0.05) is 51.4 Å². The summed E-state index contributed by atoms with van der Waals surface area (Å²) >= 11 is 0. The lowest BCUT2D eigenvalue weighted by Gasteiger charge is -2.02. The second kappa shape index (κ2) is 14.5. The van der Waals surface area contributed by atoms with Gasteiger partial charge in [0.2, 0.25) is 0 Å². The molecule has 0 fully saturated rings. The van der Waals surface area contributed by atoms with Crippen molar-refractivity contribution in [2.24, 2.45) is 0 Å². The number of hydrogen-bond acceptors (Lipinski definition) is 2. The first kappa shape index (κ1) is 17.5. The SMILES string of the molecule is CCCCCC[C@@H](O)C#CCCCCCCCO. The molecular weight excluding hydrogens is 224 g/mol. The highest BCUT2D eigenvalue weighted by atomic mass is 16.3. The van der Waals surface area contributed by atoms with Crippen LogP contribution in [-0.4, -0.2) is 22.9 Å². The quantitative estimate of drug-likeness (QED) is 0.436. The summed E-state index contributed by atoms with van der Waals surface area (Å²) in [5, 5.41) is 18.2. The van der Waals surface area contributed by atoms with Gasteiger partial charge in [-0.15, -0.1) is 5.92 Å². The summed E-state index contributed by atoms with van der Waals surface area (Å²) in [6, 6.07) is 0. The highest BCUT2D eigenvalue weighted by molar-refractivity contribution is 5.04. The molecular formula is C16H30O2. The van der Waals surface area contributed by atoms with E-state index in [4.69, 9.17) is 5.11 Å². The fraction of sp³-hybridized carbons (Fsp3) is 0.875. The lowest BCUT2D eigenvalue weighted by Crippen LogP contribution is -2.02. The smallest absolute Gasteiger partial charge is 0.114 e. The van der Waals surface area contributed by atoms with E-state index in [0.29, 0.717) is 6.61 Å². The molecule has 106 valence electrons. The van der Waals surface area contributed by atoms with E-state index in [0.717, 1.165) is 38.5 Å². The summed E-state index contributed by atoms with van der Waals surface area (Å²) in [7, 11) is 0. The Labute approximate surface area is 113 Å². The molecule has 0 aliphatic rings. The predicted molar refractivity (Wildman–Crippen MR) is 77.3 cm³/mol.